The largest absolute Gasteiger partial charge is 0.465 e. The summed E-state index contributed by atoms with van der Waals surface area (Å²) in [5.41, 5.74) is 1.68. The Morgan fingerprint density at radius 2 is 1.81 bits per heavy atom. The number of hydrogen-bond donors (Lipinski definition) is 4. The number of nitrogens with one attached hydrogen (secondary N) is 3. The SMILES string of the molecule is CC(C)C[C@H](NC(=O)c1ccc2c(c1)C(C(C)(C)C)N(C(=O)O)CC2)C(=O)NCCCNS(=O)(=O)c1ccc(F)cc1Cl. The van der Waals surface area contributed by atoms with Gasteiger partial charge in [0, 0.05) is 25.2 Å². The van der Waals surface area contributed by atoms with Crippen molar-refractivity contribution in [3.63, 3.8) is 0 Å². The molecule has 1 unspecified atom stereocenters. The molecule has 2 atom stereocenters. The van der Waals surface area contributed by atoms with Crippen molar-refractivity contribution in [1.29, 1.82) is 0 Å². The van der Waals surface area contributed by atoms with E-state index in [-0.39, 0.29) is 35.3 Å². The predicted octanol–water partition coefficient (Wildman–Crippen LogP) is 4.73. The van der Waals surface area contributed by atoms with Gasteiger partial charge in [-0.2, -0.15) is 0 Å². The minimum atomic E-state index is -3.97. The molecule has 0 saturated carbocycles. The Hall–Kier alpha value is -3.22. The van der Waals surface area contributed by atoms with E-state index in [4.69, 9.17) is 11.6 Å². The Bertz CT molecular complexity index is 1460. The number of nitrogens with zero attached hydrogens (tertiary/aromatic N) is 1. The van der Waals surface area contributed by atoms with E-state index >= 15 is 0 Å². The average molecular weight is 639 g/mol. The van der Waals surface area contributed by atoms with Gasteiger partial charge in [-0.3, -0.25) is 9.59 Å². The average Bonchev–Trinajstić information content (AvgIpc) is 2.90. The molecule has 4 N–H and O–H groups in total. The number of sulfonamides is 1. The molecule has 43 heavy (non-hydrogen) atoms. The molecular formula is C30H40ClFN4O6S. The van der Waals surface area contributed by atoms with E-state index in [2.05, 4.69) is 15.4 Å². The topological polar surface area (TPSA) is 145 Å². The quantitative estimate of drug-likeness (QED) is 0.262. The molecule has 0 saturated heterocycles. The summed E-state index contributed by atoms with van der Waals surface area (Å²) in [5.74, 6) is -1.43. The summed E-state index contributed by atoms with van der Waals surface area (Å²) < 4.78 is 40.6. The zero-order chi connectivity index (χ0) is 32.1. The van der Waals surface area contributed by atoms with Crippen LogP contribution in [-0.4, -0.2) is 62.0 Å². The number of benzene rings is 2. The first-order valence-corrected chi connectivity index (χ1v) is 16.0. The van der Waals surface area contributed by atoms with Crippen molar-refractivity contribution in [2.75, 3.05) is 19.6 Å². The monoisotopic (exact) mass is 638 g/mol. The minimum absolute atomic E-state index is 0.00501. The van der Waals surface area contributed by atoms with Crippen LogP contribution in [0.5, 0.6) is 0 Å². The molecule has 0 aliphatic carbocycles. The van der Waals surface area contributed by atoms with Crippen LogP contribution in [0.4, 0.5) is 9.18 Å². The fraction of sp³-hybridized carbons (Fsp3) is 0.500. The second-order valence-electron chi connectivity index (χ2n) is 12.2. The molecule has 1 aliphatic rings. The molecule has 0 radical (unpaired) electrons. The highest BCUT2D eigenvalue weighted by Crippen LogP contribution is 2.42. The highest BCUT2D eigenvalue weighted by atomic mass is 35.5. The molecule has 10 nitrogen and oxygen atoms in total. The number of hydrogen-bond acceptors (Lipinski definition) is 5. The summed E-state index contributed by atoms with van der Waals surface area (Å²) in [6, 6.07) is 6.97. The van der Waals surface area contributed by atoms with E-state index < -0.39 is 51.2 Å². The lowest BCUT2D eigenvalue weighted by atomic mass is 9.76. The molecule has 0 fully saturated rings. The molecule has 13 heteroatoms. The molecule has 236 valence electrons. The Morgan fingerprint density at radius 1 is 1.12 bits per heavy atom. The first kappa shape index (κ1) is 34.3. The van der Waals surface area contributed by atoms with E-state index in [1.807, 2.05) is 40.7 Å². The predicted molar refractivity (Wildman–Crippen MR) is 162 cm³/mol. The second-order valence-corrected chi connectivity index (χ2v) is 14.3. The standard InChI is InChI=1S/C30H40ClFN4O6S/c1-18(2)15-24(28(38)33-12-6-13-34-43(41,42)25-10-9-21(32)17-23(25)31)35-27(37)20-8-7-19-11-14-36(29(39)40)26(22(19)16-20)30(3,4)5/h7-10,16-18,24,26,34H,6,11-15H2,1-5H3,(H,33,38)(H,35,37)(H,39,40)/t24-,26?/m0/s1. The third-order valence-electron chi connectivity index (χ3n) is 7.16. The lowest BCUT2D eigenvalue weighted by Gasteiger charge is -2.43. The van der Waals surface area contributed by atoms with Gasteiger partial charge in [-0.15, -0.1) is 0 Å². The van der Waals surface area contributed by atoms with Gasteiger partial charge in [-0.25, -0.2) is 22.3 Å². The van der Waals surface area contributed by atoms with Crippen LogP contribution in [0.15, 0.2) is 41.3 Å². The summed E-state index contributed by atoms with van der Waals surface area (Å²) in [5, 5.41) is 15.1. The molecule has 3 amide bonds. The molecule has 1 aliphatic heterocycles. The van der Waals surface area contributed by atoms with E-state index in [9.17, 15) is 32.3 Å². The number of halogens is 2. The number of carbonyl (C=O) groups is 3. The Balaban J connectivity index is 1.64. The van der Waals surface area contributed by atoms with Crippen LogP contribution in [-0.2, 0) is 21.2 Å². The molecule has 2 aromatic rings. The molecule has 0 spiro atoms. The van der Waals surface area contributed by atoms with E-state index in [1.54, 1.807) is 12.1 Å². The van der Waals surface area contributed by atoms with Gasteiger partial charge in [-0.1, -0.05) is 52.3 Å². The normalized spacial score (nSPS) is 16.0. The van der Waals surface area contributed by atoms with Crippen LogP contribution < -0.4 is 15.4 Å². The highest BCUT2D eigenvalue weighted by molar-refractivity contribution is 7.89. The molecule has 0 aromatic heterocycles. The Kier molecular flexibility index (Phi) is 11.2. The van der Waals surface area contributed by atoms with Gasteiger partial charge >= 0.3 is 6.09 Å². The summed E-state index contributed by atoms with van der Waals surface area (Å²) in [6.07, 6.45) is 0.156. The number of amides is 3. The maximum Gasteiger partial charge on any atom is 0.407 e. The van der Waals surface area contributed by atoms with Crippen LogP contribution >= 0.6 is 11.6 Å². The molecule has 0 bridgehead atoms. The van der Waals surface area contributed by atoms with E-state index in [1.165, 1.54) is 4.90 Å². The van der Waals surface area contributed by atoms with Gasteiger partial charge in [-0.05, 0) is 72.1 Å². The van der Waals surface area contributed by atoms with Crippen molar-refractivity contribution in [3.8, 4) is 0 Å². The van der Waals surface area contributed by atoms with Gasteiger partial charge in [0.2, 0.25) is 15.9 Å². The van der Waals surface area contributed by atoms with Crippen molar-refractivity contribution >= 4 is 39.5 Å². The first-order chi connectivity index (χ1) is 20.0. The number of carbonyl (C=O) groups excluding carboxylic acids is 2. The Labute approximate surface area is 257 Å². The first-order valence-electron chi connectivity index (χ1n) is 14.2. The third kappa shape index (κ3) is 8.90. The lowest BCUT2D eigenvalue weighted by Crippen LogP contribution is -2.48. The lowest BCUT2D eigenvalue weighted by molar-refractivity contribution is -0.123. The van der Waals surface area contributed by atoms with Crippen molar-refractivity contribution in [1.82, 2.24) is 20.3 Å². The van der Waals surface area contributed by atoms with Gasteiger partial charge in [0.05, 0.1) is 11.1 Å². The number of rotatable bonds is 11. The summed E-state index contributed by atoms with van der Waals surface area (Å²) in [6.45, 7) is 10.2. The summed E-state index contributed by atoms with van der Waals surface area (Å²) in [7, 11) is -3.97. The maximum absolute atomic E-state index is 13.3. The third-order valence-corrected chi connectivity index (χ3v) is 9.10. The van der Waals surface area contributed by atoms with Crippen LogP contribution in [0.25, 0.3) is 0 Å². The minimum Gasteiger partial charge on any atom is -0.465 e. The van der Waals surface area contributed by atoms with Gasteiger partial charge in [0.25, 0.3) is 5.91 Å². The van der Waals surface area contributed by atoms with Crippen molar-refractivity contribution < 1.29 is 32.3 Å². The van der Waals surface area contributed by atoms with E-state index in [0.29, 0.717) is 24.9 Å². The van der Waals surface area contributed by atoms with Crippen LogP contribution in [0.3, 0.4) is 0 Å². The number of fused-ring (bicyclic) bond motifs is 1. The second kappa shape index (κ2) is 14.0. The van der Waals surface area contributed by atoms with Gasteiger partial charge < -0.3 is 20.6 Å². The maximum atomic E-state index is 13.3. The van der Waals surface area contributed by atoms with Crippen molar-refractivity contribution in [2.24, 2.45) is 11.3 Å². The fourth-order valence-electron chi connectivity index (χ4n) is 5.24. The van der Waals surface area contributed by atoms with E-state index in [0.717, 1.165) is 29.3 Å². The van der Waals surface area contributed by atoms with Gasteiger partial charge in [0.1, 0.15) is 16.8 Å². The molecule has 3 rings (SSSR count). The molecule has 1 heterocycles. The van der Waals surface area contributed by atoms with Crippen molar-refractivity contribution in [3.05, 3.63) is 63.9 Å². The van der Waals surface area contributed by atoms with Crippen LogP contribution in [0.2, 0.25) is 5.02 Å². The van der Waals surface area contributed by atoms with Gasteiger partial charge in [0.15, 0.2) is 0 Å². The highest BCUT2D eigenvalue weighted by Gasteiger charge is 2.39. The van der Waals surface area contributed by atoms with Crippen LogP contribution in [0.1, 0.15) is 75.0 Å². The summed E-state index contributed by atoms with van der Waals surface area (Å²) in [4.78, 5) is 39.5. The van der Waals surface area contributed by atoms with Crippen molar-refractivity contribution in [2.45, 2.75) is 70.9 Å². The Morgan fingerprint density at radius 3 is 2.42 bits per heavy atom. The fourth-order valence-corrected chi connectivity index (χ4v) is 6.84. The zero-order valence-corrected chi connectivity index (χ0v) is 26.6. The molecular weight excluding hydrogens is 599 g/mol. The molecule has 2 aromatic carbocycles. The zero-order valence-electron chi connectivity index (χ0n) is 25.0. The van der Waals surface area contributed by atoms with Crippen LogP contribution in [0, 0.1) is 17.2 Å². The smallest absolute Gasteiger partial charge is 0.407 e. The number of carboxylic acid groups (broad SMARTS) is 1. The summed E-state index contributed by atoms with van der Waals surface area (Å²) >= 11 is 5.86.